The molecule has 7 nitrogen and oxygen atoms in total. The third-order valence-electron chi connectivity index (χ3n) is 3.69. The molecule has 2 rings (SSSR count). The number of hydrogen-bond acceptors (Lipinski definition) is 4. The summed E-state index contributed by atoms with van der Waals surface area (Å²) in [5.41, 5.74) is 0.753. The van der Waals surface area contributed by atoms with E-state index in [0.717, 1.165) is 0 Å². The fourth-order valence-corrected chi connectivity index (χ4v) is 2.33. The second kappa shape index (κ2) is 7.73. The van der Waals surface area contributed by atoms with E-state index in [4.69, 9.17) is 9.84 Å². The van der Waals surface area contributed by atoms with Gasteiger partial charge >= 0.3 is 5.97 Å². The molecule has 0 saturated carbocycles. The Morgan fingerprint density at radius 1 is 1.26 bits per heavy atom. The van der Waals surface area contributed by atoms with Gasteiger partial charge in [0.2, 0.25) is 11.8 Å². The van der Waals surface area contributed by atoms with Gasteiger partial charge in [-0.05, 0) is 17.7 Å². The van der Waals surface area contributed by atoms with Crippen LogP contribution in [0.25, 0.3) is 0 Å². The monoisotopic (exact) mass is 320 g/mol. The molecule has 0 atom stereocenters. The first kappa shape index (κ1) is 17.0. The third kappa shape index (κ3) is 4.79. The van der Waals surface area contributed by atoms with Crippen LogP contribution in [0.4, 0.5) is 0 Å². The van der Waals surface area contributed by atoms with Gasteiger partial charge in [0.25, 0.3) is 0 Å². The molecule has 7 heteroatoms. The normalized spacial score (nSPS) is 14.4. The molecule has 2 amide bonds. The van der Waals surface area contributed by atoms with Crippen molar-refractivity contribution in [3.63, 3.8) is 0 Å². The van der Waals surface area contributed by atoms with Crippen LogP contribution in [0.5, 0.6) is 0 Å². The van der Waals surface area contributed by atoms with Crippen molar-refractivity contribution in [1.29, 1.82) is 0 Å². The molecule has 0 radical (unpaired) electrons. The molecular weight excluding hydrogens is 300 g/mol. The minimum Gasteiger partial charge on any atom is -0.478 e. The Morgan fingerprint density at radius 2 is 1.96 bits per heavy atom. The van der Waals surface area contributed by atoms with Gasteiger partial charge in [-0.15, -0.1) is 0 Å². The molecule has 1 aromatic rings. The van der Waals surface area contributed by atoms with Gasteiger partial charge in [0.05, 0.1) is 31.7 Å². The zero-order chi connectivity index (χ0) is 16.8. The summed E-state index contributed by atoms with van der Waals surface area (Å²) in [6.45, 7) is 2.14. The molecule has 124 valence electrons. The summed E-state index contributed by atoms with van der Waals surface area (Å²) >= 11 is 0. The molecule has 1 aliphatic rings. The predicted molar refractivity (Wildman–Crippen MR) is 82.1 cm³/mol. The lowest BCUT2D eigenvalue weighted by Crippen LogP contribution is -2.46. The van der Waals surface area contributed by atoms with Crippen LogP contribution in [0.3, 0.4) is 0 Å². The van der Waals surface area contributed by atoms with Gasteiger partial charge in [-0.3, -0.25) is 9.59 Å². The molecule has 23 heavy (non-hydrogen) atoms. The Labute approximate surface area is 134 Å². The number of rotatable bonds is 5. The quantitative estimate of drug-likeness (QED) is 0.840. The number of hydrogen-bond donors (Lipinski definition) is 1. The summed E-state index contributed by atoms with van der Waals surface area (Å²) in [5.74, 6) is -1.37. The van der Waals surface area contributed by atoms with Gasteiger partial charge < -0.3 is 19.6 Å². The van der Waals surface area contributed by atoms with Crippen LogP contribution >= 0.6 is 0 Å². The lowest BCUT2D eigenvalue weighted by atomic mass is 10.1. The molecule has 1 aliphatic heterocycles. The first-order chi connectivity index (χ1) is 11.0. The number of carboxylic acids is 1. The highest BCUT2D eigenvalue weighted by atomic mass is 16.5. The van der Waals surface area contributed by atoms with E-state index in [2.05, 4.69) is 0 Å². The SMILES string of the molecule is CN(CC(=O)N1CCOCC1)C(=O)Cc1cccc(C(=O)O)c1. The molecule has 1 heterocycles. The summed E-state index contributed by atoms with van der Waals surface area (Å²) in [7, 11) is 1.57. The van der Waals surface area contributed by atoms with Gasteiger partial charge in [-0.25, -0.2) is 4.79 Å². The lowest BCUT2D eigenvalue weighted by Gasteiger charge is -2.28. The summed E-state index contributed by atoms with van der Waals surface area (Å²) < 4.78 is 5.19. The van der Waals surface area contributed by atoms with E-state index in [1.54, 1.807) is 24.1 Å². The molecule has 1 aromatic carbocycles. The van der Waals surface area contributed by atoms with Gasteiger partial charge in [-0.2, -0.15) is 0 Å². The zero-order valence-electron chi connectivity index (χ0n) is 13.0. The van der Waals surface area contributed by atoms with Gasteiger partial charge in [0.15, 0.2) is 0 Å². The fourth-order valence-electron chi connectivity index (χ4n) is 2.33. The Morgan fingerprint density at radius 3 is 2.61 bits per heavy atom. The Kier molecular flexibility index (Phi) is 5.70. The molecule has 1 fully saturated rings. The summed E-state index contributed by atoms with van der Waals surface area (Å²) in [5, 5.41) is 8.96. The van der Waals surface area contributed by atoms with Crippen molar-refractivity contribution in [1.82, 2.24) is 9.80 Å². The van der Waals surface area contributed by atoms with E-state index in [1.807, 2.05) is 0 Å². The molecule has 0 spiro atoms. The van der Waals surface area contributed by atoms with E-state index in [-0.39, 0.29) is 30.3 Å². The van der Waals surface area contributed by atoms with Gasteiger partial charge in [-0.1, -0.05) is 12.1 Å². The van der Waals surface area contributed by atoms with E-state index in [9.17, 15) is 14.4 Å². The molecule has 0 aromatic heterocycles. The fraction of sp³-hybridized carbons (Fsp3) is 0.438. The third-order valence-corrected chi connectivity index (χ3v) is 3.69. The maximum Gasteiger partial charge on any atom is 0.335 e. The minimum absolute atomic E-state index is 0.0114. The summed E-state index contributed by atoms with van der Waals surface area (Å²) in [4.78, 5) is 38.3. The second-order valence-electron chi connectivity index (χ2n) is 5.43. The van der Waals surface area contributed by atoms with Crippen LogP contribution < -0.4 is 0 Å². The average molecular weight is 320 g/mol. The molecule has 0 aliphatic carbocycles. The van der Waals surface area contributed by atoms with E-state index in [0.29, 0.717) is 31.9 Å². The molecule has 0 bridgehead atoms. The standard InChI is InChI=1S/C16H20N2O5/c1-17(11-15(20)18-5-7-23-8-6-18)14(19)10-12-3-2-4-13(9-12)16(21)22/h2-4,9H,5-8,10-11H2,1H3,(H,21,22). The van der Waals surface area contributed by atoms with E-state index >= 15 is 0 Å². The van der Waals surface area contributed by atoms with Crippen molar-refractivity contribution in [3.8, 4) is 0 Å². The van der Waals surface area contributed by atoms with Crippen LogP contribution in [0.1, 0.15) is 15.9 Å². The molecule has 0 unspecified atom stereocenters. The second-order valence-corrected chi connectivity index (χ2v) is 5.43. The smallest absolute Gasteiger partial charge is 0.335 e. The lowest BCUT2D eigenvalue weighted by molar-refractivity contribution is -0.141. The van der Waals surface area contributed by atoms with Crippen molar-refractivity contribution in [2.45, 2.75) is 6.42 Å². The number of carboxylic acid groups (broad SMARTS) is 1. The van der Waals surface area contributed by atoms with E-state index in [1.165, 1.54) is 17.0 Å². The summed E-state index contributed by atoms with van der Waals surface area (Å²) in [6, 6.07) is 6.24. The van der Waals surface area contributed by atoms with Gasteiger partial charge in [0.1, 0.15) is 0 Å². The number of benzene rings is 1. The van der Waals surface area contributed by atoms with Crippen molar-refractivity contribution < 1.29 is 24.2 Å². The molecular formula is C16H20N2O5. The van der Waals surface area contributed by atoms with Crippen molar-refractivity contribution >= 4 is 17.8 Å². The minimum atomic E-state index is -1.03. The van der Waals surface area contributed by atoms with Gasteiger partial charge in [0, 0.05) is 20.1 Å². The van der Waals surface area contributed by atoms with E-state index < -0.39 is 5.97 Å². The maximum atomic E-state index is 12.2. The Hall–Kier alpha value is -2.41. The first-order valence-corrected chi connectivity index (χ1v) is 7.39. The van der Waals surface area contributed by atoms with Crippen LogP contribution in [0.15, 0.2) is 24.3 Å². The highest BCUT2D eigenvalue weighted by molar-refractivity contribution is 5.89. The highest BCUT2D eigenvalue weighted by Gasteiger charge is 2.20. The molecule has 1 N–H and O–H groups in total. The first-order valence-electron chi connectivity index (χ1n) is 7.39. The number of carbonyl (C=O) groups excluding carboxylic acids is 2. The number of likely N-dealkylation sites (N-methyl/N-ethyl adjacent to an activating group) is 1. The van der Waals surface area contributed by atoms with Crippen molar-refractivity contribution in [3.05, 3.63) is 35.4 Å². The number of ether oxygens (including phenoxy) is 1. The topological polar surface area (TPSA) is 87.2 Å². The molecule has 1 saturated heterocycles. The number of aromatic carboxylic acids is 1. The van der Waals surface area contributed by atoms with Crippen LogP contribution in [-0.2, 0) is 20.7 Å². The number of nitrogens with zero attached hydrogens (tertiary/aromatic N) is 2. The van der Waals surface area contributed by atoms with Crippen LogP contribution in [0, 0.1) is 0 Å². The predicted octanol–water partition coefficient (Wildman–Crippen LogP) is 0.245. The Balaban J connectivity index is 1.90. The number of amides is 2. The summed E-state index contributed by atoms with van der Waals surface area (Å²) in [6.07, 6.45) is 0.0635. The average Bonchev–Trinajstić information content (AvgIpc) is 2.55. The van der Waals surface area contributed by atoms with Crippen LogP contribution in [-0.4, -0.2) is 72.6 Å². The number of morpholine rings is 1. The number of carbonyl (C=O) groups is 3. The van der Waals surface area contributed by atoms with Crippen molar-refractivity contribution in [2.24, 2.45) is 0 Å². The van der Waals surface area contributed by atoms with Crippen molar-refractivity contribution in [2.75, 3.05) is 39.9 Å². The zero-order valence-corrected chi connectivity index (χ0v) is 13.0. The van der Waals surface area contributed by atoms with Crippen LogP contribution in [0.2, 0.25) is 0 Å². The maximum absolute atomic E-state index is 12.2. The Bertz CT molecular complexity index is 596. The highest BCUT2D eigenvalue weighted by Crippen LogP contribution is 2.08. The largest absolute Gasteiger partial charge is 0.478 e.